The van der Waals surface area contributed by atoms with E-state index in [0.717, 1.165) is 37.3 Å². The normalized spacial score (nSPS) is 13.3. The summed E-state index contributed by atoms with van der Waals surface area (Å²) in [6.45, 7) is 9.38. The van der Waals surface area contributed by atoms with Crippen LogP contribution in [-0.4, -0.2) is 28.6 Å². The Morgan fingerprint density at radius 2 is 2.15 bits per heavy atom. The molecule has 0 saturated carbocycles. The molecule has 1 rings (SSSR count). The summed E-state index contributed by atoms with van der Waals surface area (Å²) < 4.78 is 0. The number of anilines is 1. The summed E-state index contributed by atoms with van der Waals surface area (Å²) in [5.41, 5.74) is 7.41. The van der Waals surface area contributed by atoms with Gasteiger partial charge in [-0.25, -0.2) is 4.98 Å². The van der Waals surface area contributed by atoms with Gasteiger partial charge in [0.05, 0.1) is 5.56 Å². The molecule has 1 unspecified atom stereocenters. The lowest BCUT2D eigenvalue weighted by molar-refractivity contribution is 0.318. The molecule has 1 aromatic rings. The number of nitrogens with two attached hydrogens (primary N) is 1. The monoisotopic (exact) mass is 278 g/mol. The predicted molar refractivity (Wildman–Crippen MR) is 83.5 cm³/mol. The molecule has 1 heterocycles. The highest BCUT2D eigenvalue weighted by molar-refractivity contribution is 6.01. The van der Waals surface area contributed by atoms with Crippen LogP contribution in [0.1, 0.15) is 51.3 Å². The second-order valence-electron chi connectivity index (χ2n) is 5.11. The molecule has 0 radical (unpaired) electrons. The van der Waals surface area contributed by atoms with E-state index in [9.17, 15) is 0 Å². The first kappa shape index (κ1) is 16.3. The number of nitrogens with zero attached hydrogens (tertiary/aromatic N) is 3. The number of amidine groups is 1. The minimum absolute atomic E-state index is 0.109. The topological polar surface area (TPSA) is 74.7 Å². The molecule has 0 aromatic carbocycles. The molecular weight excluding hydrogens is 252 g/mol. The maximum Gasteiger partial charge on any atom is 0.173 e. The van der Waals surface area contributed by atoms with Crippen molar-refractivity contribution in [3.8, 4) is 0 Å². The first-order valence-corrected chi connectivity index (χ1v) is 7.27. The molecule has 3 N–H and O–H groups in total. The van der Waals surface area contributed by atoms with E-state index in [1.54, 1.807) is 0 Å². The summed E-state index contributed by atoms with van der Waals surface area (Å²) in [6.07, 6.45) is 3.24. The number of pyridine rings is 1. The van der Waals surface area contributed by atoms with Gasteiger partial charge in [0.1, 0.15) is 5.82 Å². The van der Waals surface area contributed by atoms with Crippen LogP contribution in [0.2, 0.25) is 0 Å². The van der Waals surface area contributed by atoms with Crippen molar-refractivity contribution in [1.82, 2.24) is 4.98 Å². The van der Waals surface area contributed by atoms with E-state index in [0.29, 0.717) is 11.6 Å². The number of oxime groups is 1. The zero-order chi connectivity index (χ0) is 15.1. The van der Waals surface area contributed by atoms with Crippen molar-refractivity contribution >= 4 is 11.7 Å². The maximum absolute atomic E-state index is 8.95. The van der Waals surface area contributed by atoms with Gasteiger partial charge in [0, 0.05) is 18.3 Å². The third-order valence-electron chi connectivity index (χ3n) is 3.55. The van der Waals surface area contributed by atoms with Crippen LogP contribution >= 0.6 is 0 Å². The van der Waals surface area contributed by atoms with Gasteiger partial charge in [-0.15, -0.1) is 0 Å². The van der Waals surface area contributed by atoms with Gasteiger partial charge < -0.3 is 15.8 Å². The standard InChI is InChI=1S/C15H26N4O/c1-5-7-10-19(12(4)6-2)15-13(14(16)18-20)9-8-11(3)17-15/h8-9,12,20H,5-7,10H2,1-4H3,(H2,16,18). The number of hydrogen-bond acceptors (Lipinski definition) is 4. The Morgan fingerprint density at radius 1 is 1.45 bits per heavy atom. The van der Waals surface area contributed by atoms with Gasteiger partial charge in [0.2, 0.25) is 0 Å². The van der Waals surface area contributed by atoms with Gasteiger partial charge in [0.15, 0.2) is 5.84 Å². The molecule has 0 aliphatic carbocycles. The van der Waals surface area contributed by atoms with Crippen LogP contribution in [0.25, 0.3) is 0 Å². The van der Waals surface area contributed by atoms with E-state index in [4.69, 9.17) is 10.9 Å². The highest BCUT2D eigenvalue weighted by Gasteiger charge is 2.19. The van der Waals surface area contributed by atoms with Crippen molar-refractivity contribution in [2.24, 2.45) is 10.9 Å². The lowest BCUT2D eigenvalue weighted by Crippen LogP contribution is -2.36. The van der Waals surface area contributed by atoms with Crippen molar-refractivity contribution in [2.45, 2.75) is 53.0 Å². The van der Waals surface area contributed by atoms with Gasteiger partial charge in [-0.3, -0.25) is 0 Å². The maximum atomic E-state index is 8.95. The first-order chi connectivity index (χ1) is 9.54. The lowest BCUT2D eigenvalue weighted by atomic mass is 10.1. The summed E-state index contributed by atoms with van der Waals surface area (Å²) in [6, 6.07) is 4.11. The molecule has 5 heteroatoms. The second kappa shape index (κ2) is 7.72. The van der Waals surface area contributed by atoms with E-state index in [1.807, 2.05) is 19.1 Å². The van der Waals surface area contributed by atoms with Crippen molar-refractivity contribution in [3.63, 3.8) is 0 Å². The first-order valence-electron chi connectivity index (χ1n) is 7.27. The highest BCUT2D eigenvalue weighted by atomic mass is 16.4. The van der Waals surface area contributed by atoms with Gasteiger partial charge in [-0.1, -0.05) is 25.4 Å². The van der Waals surface area contributed by atoms with E-state index < -0.39 is 0 Å². The number of aryl methyl sites for hydroxylation is 1. The quantitative estimate of drug-likeness (QED) is 0.348. The third kappa shape index (κ3) is 3.85. The van der Waals surface area contributed by atoms with E-state index in [1.165, 1.54) is 0 Å². The molecule has 0 saturated heterocycles. The van der Waals surface area contributed by atoms with Crippen LogP contribution in [0.3, 0.4) is 0 Å². The lowest BCUT2D eigenvalue weighted by Gasteiger charge is -2.31. The summed E-state index contributed by atoms with van der Waals surface area (Å²) in [5.74, 6) is 0.917. The fourth-order valence-corrected chi connectivity index (χ4v) is 2.10. The predicted octanol–water partition coefficient (Wildman–Crippen LogP) is 2.89. The molecule has 0 spiro atoms. The molecular formula is C15H26N4O. The van der Waals surface area contributed by atoms with Crippen LogP contribution in [0.4, 0.5) is 5.82 Å². The van der Waals surface area contributed by atoms with E-state index in [2.05, 4.69) is 35.8 Å². The Kier molecular flexibility index (Phi) is 6.28. The average Bonchev–Trinajstić information content (AvgIpc) is 2.46. The summed E-state index contributed by atoms with van der Waals surface area (Å²) in [4.78, 5) is 6.87. The van der Waals surface area contributed by atoms with Crippen LogP contribution in [-0.2, 0) is 0 Å². The Bertz CT molecular complexity index is 459. The largest absolute Gasteiger partial charge is 0.409 e. The number of unbranched alkanes of at least 4 members (excludes halogenated alkanes) is 1. The molecule has 0 bridgehead atoms. The molecule has 20 heavy (non-hydrogen) atoms. The molecule has 112 valence electrons. The number of rotatable bonds is 7. The fourth-order valence-electron chi connectivity index (χ4n) is 2.10. The fraction of sp³-hybridized carbons (Fsp3) is 0.600. The van der Waals surface area contributed by atoms with E-state index >= 15 is 0 Å². The van der Waals surface area contributed by atoms with Crippen molar-refractivity contribution in [2.75, 3.05) is 11.4 Å². The molecule has 0 fully saturated rings. The Hall–Kier alpha value is -1.78. The third-order valence-corrected chi connectivity index (χ3v) is 3.55. The Balaban J connectivity index is 3.25. The molecule has 0 aliphatic heterocycles. The van der Waals surface area contributed by atoms with Crippen molar-refractivity contribution in [3.05, 3.63) is 23.4 Å². The van der Waals surface area contributed by atoms with Gasteiger partial charge >= 0.3 is 0 Å². The molecule has 0 amide bonds. The number of aromatic nitrogens is 1. The Morgan fingerprint density at radius 3 is 2.70 bits per heavy atom. The van der Waals surface area contributed by atoms with Crippen LogP contribution in [0.15, 0.2) is 17.3 Å². The van der Waals surface area contributed by atoms with Crippen LogP contribution in [0.5, 0.6) is 0 Å². The average molecular weight is 278 g/mol. The SMILES string of the molecule is CCCCN(c1nc(C)ccc1C(N)=NO)C(C)CC. The Labute approximate surface area is 121 Å². The molecule has 1 atom stereocenters. The van der Waals surface area contributed by atoms with Crippen molar-refractivity contribution < 1.29 is 5.21 Å². The smallest absolute Gasteiger partial charge is 0.173 e. The van der Waals surface area contributed by atoms with Gasteiger partial charge in [-0.05, 0) is 38.8 Å². The second-order valence-corrected chi connectivity index (χ2v) is 5.11. The molecule has 0 aliphatic rings. The highest BCUT2D eigenvalue weighted by Crippen LogP contribution is 2.22. The summed E-state index contributed by atoms with van der Waals surface area (Å²) in [7, 11) is 0. The minimum atomic E-state index is 0.109. The molecule has 5 nitrogen and oxygen atoms in total. The molecule has 1 aromatic heterocycles. The number of hydrogen-bond donors (Lipinski definition) is 2. The zero-order valence-corrected chi connectivity index (χ0v) is 12.9. The van der Waals surface area contributed by atoms with E-state index in [-0.39, 0.29) is 5.84 Å². The van der Waals surface area contributed by atoms with Gasteiger partial charge in [0.25, 0.3) is 0 Å². The van der Waals surface area contributed by atoms with Crippen molar-refractivity contribution in [1.29, 1.82) is 0 Å². The zero-order valence-electron chi connectivity index (χ0n) is 12.9. The van der Waals surface area contributed by atoms with Crippen LogP contribution < -0.4 is 10.6 Å². The van der Waals surface area contributed by atoms with Crippen LogP contribution in [0, 0.1) is 6.92 Å². The summed E-state index contributed by atoms with van der Waals surface area (Å²) >= 11 is 0. The summed E-state index contributed by atoms with van der Waals surface area (Å²) in [5, 5.41) is 12.1. The van der Waals surface area contributed by atoms with Gasteiger partial charge in [-0.2, -0.15) is 0 Å². The minimum Gasteiger partial charge on any atom is -0.409 e.